The van der Waals surface area contributed by atoms with Crippen molar-refractivity contribution in [1.29, 1.82) is 0 Å². The summed E-state index contributed by atoms with van der Waals surface area (Å²) < 4.78 is 0. The maximum Gasteiger partial charge on any atom is 0.273 e. The van der Waals surface area contributed by atoms with Crippen LogP contribution in [0.5, 0.6) is 5.75 Å². The molecule has 0 saturated heterocycles. The molecule has 1 amide bonds. The van der Waals surface area contributed by atoms with Crippen molar-refractivity contribution in [3.63, 3.8) is 0 Å². The van der Waals surface area contributed by atoms with E-state index in [0.29, 0.717) is 19.4 Å². The zero-order valence-corrected chi connectivity index (χ0v) is 8.31. The molecule has 3 N–H and O–H groups in total. The molecule has 0 atom stereocenters. The normalized spacial score (nSPS) is 9.93. The Morgan fingerprint density at radius 2 is 2.27 bits per heavy atom. The van der Waals surface area contributed by atoms with Gasteiger partial charge in [0.1, 0.15) is 5.75 Å². The number of aliphatic hydroxyl groups excluding tert-OH is 1. The van der Waals surface area contributed by atoms with Gasteiger partial charge in [0.25, 0.3) is 5.91 Å². The van der Waals surface area contributed by atoms with E-state index < -0.39 is 5.91 Å². The number of pyridine rings is 1. The first-order valence-electron chi connectivity index (χ1n) is 4.78. The molecule has 1 aromatic heterocycles. The summed E-state index contributed by atoms with van der Waals surface area (Å²) in [7, 11) is 0. The molecule has 5 heteroatoms. The van der Waals surface area contributed by atoms with Crippen molar-refractivity contribution in [1.82, 2.24) is 10.3 Å². The molecule has 0 aliphatic carbocycles. The van der Waals surface area contributed by atoms with Crippen molar-refractivity contribution in [2.45, 2.75) is 12.8 Å². The van der Waals surface area contributed by atoms with Gasteiger partial charge < -0.3 is 15.5 Å². The number of rotatable bonds is 5. The monoisotopic (exact) mass is 210 g/mol. The van der Waals surface area contributed by atoms with Gasteiger partial charge in [-0.3, -0.25) is 4.79 Å². The molecular weight excluding hydrogens is 196 g/mol. The fraction of sp³-hybridized carbons (Fsp3) is 0.400. The summed E-state index contributed by atoms with van der Waals surface area (Å²) in [6, 6.07) is 2.97. The van der Waals surface area contributed by atoms with Gasteiger partial charge in [0.05, 0.1) is 0 Å². The number of nitrogens with one attached hydrogen (secondary N) is 1. The van der Waals surface area contributed by atoms with E-state index in [0.717, 1.165) is 0 Å². The van der Waals surface area contributed by atoms with Crippen LogP contribution >= 0.6 is 0 Å². The molecule has 0 saturated carbocycles. The van der Waals surface area contributed by atoms with Gasteiger partial charge in [0, 0.05) is 19.3 Å². The minimum absolute atomic E-state index is 0.0292. The Bertz CT molecular complexity index is 328. The Kier molecular flexibility index (Phi) is 4.56. The van der Waals surface area contributed by atoms with Crippen LogP contribution < -0.4 is 5.32 Å². The van der Waals surface area contributed by atoms with Gasteiger partial charge in [-0.1, -0.05) is 0 Å². The van der Waals surface area contributed by atoms with Crippen LogP contribution in [0.25, 0.3) is 0 Å². The SMILES string of the molecule is O=C(NCCCCO)c1ncccc1O. The van der Waals surface area contributed by atoms with E-state index in [1.165, 1.54) is 12.3 Å². The average Bonchev–Trinajstić information content (AvgIpc) is 2.25. The molecule has 1 rings (SSSR count). The van der Waals surface area contributed by atoms with Crippen LogP contribution in [0, 0.1) is 0 Å². The summed E-state index contributed by atoms with van der Waals surface area (Å²) in [5.41, 5.74) is 0.0292. The molecule has 15 heavy (non-hydrogen) atoms. The molecule has 0 fully saturated rings. The molecule has 0 aromatic carbocycles. The van der Waals surface area contributed by atoms with E-state index in [1.54, 1.807) is 6.07 Å². The molecule has 5 nitrogen and oxygen atoms in total. The highest BCUT2D eigenvalue weighted by molar-refractivity contribution is 5.94. The first-order valence-corrected chi connectivity index (χ1v) is 4.78. The van der Waals surface area contributed by atoms with Crippen LogP contribution in [0.2, 0.25) is 0 Å². The second kappa shape index (κ2) is 5.98. The largest absolute Gasteiger partial charge is 0.505 e. The van der Waals surface area contributed by atoms with Crippen molar-refractivity contribution in [2.75, 3.05) is 13.2 Å². The summed E-state index contributed by atoms with van der Waals surface area (Å²) in [4.78, 5) is 15.2. The summed E-state index contributed by atoms with van der Waals surface area (Å²) in [5, 5.41) is 20.4. The van der Waals surface area contributed by atoms with Crippen LogP contribution in [0.15, 0.2) is 18.3 Å². The second-order valence-corrected chi connectivity index (χ2v) is 3.06. The van der Waals surface area contributed by atoms with Crippen LogP contribution in [-0.2, 0) is 0 Å². The lowest BCUT2D eigenvalue weighted by atomic mass is 10.3. The Labute approximate surface area is 87.8 Å². The van der Waals surface area contributed by atoms with Gasteiger partial charge in [-0.05, 0) is 25.0 Å². The van der Waals surface area contributed by atoms with E-state index in [-0.39, 0.29) is 18.1 Å². The lowest BCUT2D eigenvalue weighted by Gasteiger charge is -2.04. The third-order valence-corrected chi connectivity index (χ3v) is 1.87. The Morgan fingerprint density at radius 1 is 1.47 bits per heavy atom. The maximum absolute atomic E-state index is 11.4. The minimum atomic E-state index is -0.397. The van der Waals surface area contributed by atoms with E-state index >= 15 is 0 Å². The molecular formula is C10H14N2O3. The van der Waals surface area contributed by atoms with Crippen molar-refractivity contribution in [2.24, 2.45) is 0 Å². The summed E-state index contributed by atoms with van der Waals surface area (Å²) in [6.45, 7) is 0.583. The number of unbranched alkanes of at least 4 members (excludes halogenated alkanes) is 1. The Balaban J connectivity index is 2.44. The Morgan fingerprint density at radius 3 is 2.93 bits per heavy atom. The lowest BCUT2D eigenvalue weighted by Crippen LogP contribution is -2.25. The molecule has 0 spiro atoms. The highest BCUT2D eigenvalue weighted by atomic mass is 16.3. The fourth-order valence-electron chi connectivity index (χ4n) is 1.09. The number of hydrogen-bond donors (Lipinski definition) is 3. The molecule has 0 aliphatic heterocycles. The predicted octanol–water partition coefficient (Wildman–Crippen LogP) is 0.289. The number of aromatic nitrogens is 1. The topological polar surface area (TPSA) is 82.5 Å². The fourth-order valence-corrected chi connectivity index (χ4v) is 1.09. The van der Waals surface area contributed by atoms with E-state index in [2.05, 4.69) is 10.3 Å². The van der Waals surface area contributed by atoms with Gasteiger partial charge in [0.15, 0.2) is 5.69 Å². The number of carbonyl (C=O) groups is 1. The number of carbonyl (C=O) groups excluding carboxylic acids is 1. The third kappa shape index (κ3) is 3.55. The number of aromatic hydroxyl groups is 1. The van der Waals surface area contributed by atoms with Gasteiger partial charge in [-0.15, -0.1) is 0 Å². The smallest absolute Gasteiger partial charge is 0.273 e. The van der Waals surface area contributed by atoms with Crippen molar-refractivity contribution in [3.05, 3.63) is 24.0 Å². The van der Waals surface area contributed by atoms with Crippen LogP contribution in [0.4, 0.5) is 0 Å². The lowest BCUT2D eigenvalue weighted by molar-refractivity contribution is 0.0944. The third-order valence-electron chi connectivity index (χ3n) is 1.87. The molecule has 0 radical (unpaired) electrons. The molecule has 0 unspecified atom stereocenters. The molecule has 1 aromatic rings. The summed E-state index contributed by atoms with van der Waals surface area (Å²) in [6.07, 6.45) is 2.80. The van der Waals surface area contributed by atoms with E-state index in [1.807, 2.05) is 0 Å². The maximum atomic E-state index is 11.4. The van der Waals surface area contributed by atoms with Crippen molar-refractivity contribution >= 4 is 5.91 Å². The van der Waals surface area contributed by atoms with E-state index in [4.69, 9.17) is 5.11 Å². The number of nitrogens with zero attached hydrogens (tertiary/aromatic N) is 1. The Hall–Kier alpha value is -1.62. The van der Waals surface area contributed by atoms with Gasteiger partial charge in [-0.2, -0.15) is 0 Å². The van der Waals surface area contributed by atoms with Gasteiger partial charge in [-0.25, -0.2) is 4.98 Å². The molecule has 0 bridgehead atoms. The van der Waals surface area contributed by atoms with Crippen molar-refractivity contribution < 1.29 is 15.0 Å². The first kappa shape index (κ1) is 11.5. The number of aliphatic hydroxyl groups is 1. The highest BCUT2D eigenvalue weighted by Gasteiger charge is 2.10. The standard InChI is InChI=1S/C10H14N2O3/c13-7-2-1-5-12-10(15)9-8(14)4-3-6-11-9/h3-4,6,13-14H,1-2,5,7H2,(H,12,15). The van der Waals surface area contributed by atoms with Crippen LogP contribution in [0.3, 0.4) is 0 Å². The summed E-state index contributed by atoms with van der Waals surface area (Å²) in [5.74, 6) is -0.525. The minimum Gasteiger partial charge on any atom is -0.505 e. The second-order valence-electron chi connectivity index (χ2n) is 3.06. The summed E-state index contributed by atoms with van der Waals surface area (Å²) >= 11 is 0. The zero-order chi connectivity index (χ0) is 11.1. The highest BCUT2D eigenvalue weighted by Crippen LogP contribution is 2.11. The quantitative estimate of drug-likeness (QED) is 0.610. The molecule has 0 aliphatic rings. The van der Waals surface area contributed by atoms with Crippen LogP contribution in [-0.4, -0.2) is 34.3 Å². The van der Waals surface area contributed by atoms with E-state index in [9.17, 15) is 9.90 Å². The molecule has 1 heterocycles. The average molecular weight is 210 g/mol. The zero-order valence-electron chi connectivity index (χ0n) is 8.31. The van der Waals surface area contributed by atoms with Gasteiger partial charge in [0.2, 0.25) is 0 Å². The van der Waals surface area contributed by atoms with Gasteiger partial charge >= 0.3 is 0 Å². The van der Waals surface area contributed by atoms with Crippen LogP contribution in [0.1, 0.15) is 23.3 Å². The number of amides is 1. The predicted molar refractivity (Wildman–Crippen MR) is 54.6 cm³/mol. The molecule has 82 valence electrons. The number of hydrogen-bond acceptors (Lipinski definition) is 4. The van der Waals surface area contributed by atoms with Crippen molar-refractivity contribution in [3.8, 4) is 5.75 Å². The first-order chi connectivity index (χ1) is 7.25.